The zero-order chi connectivity index (χ0) is 17.8. The number of carbonyl (C=O) groups excluding carboxylic acids is 2. The van der Waals surface area contributed by atoms with Crippen LogP contribution in [0.25, 0.3) is 6.08 Å². The second kappa shape index (κ2) is 7.25. The quantitative estimate of drug-likeness (QED) is 0.861. The van der Waals surface area contributed by atoms with Gasteiger partial charge < -0.3 is 10.2 Å². The Balaban J connectivity index is 1.65. The molecule has 0 bridgehead atoms. The molecule has 0 unspecified atom stereocenters. The van der Waals surface area contributed by atoms with Gasteiger partial charge in [-0.25, -0.2) is 8.78 Å². The molecule has 6 heteroatoms. The molecule has 0 atom stereocenters. The highest BCUT2D eigenvalue weighted by Crippen LogP contribution is 2.23. The first kappa shape index (κ1) is 16.8. The first-order chi connectivity index (χ1) is 12.0. The highest BCUT2D eigenvalue weighted by molar-refractivity contribution is 6.02. The van der Waals surface area contributed by atoms with E-state index >= 15 is 0 Å². The molecular weight excluding hydrogens is 326 g/mol. The smallest absolute Gasteiger partial charge is 0.248 e. The van der Waals surface area contributed by atoms with Crippen LogP contribution in [-0.2, 0) is 9.59 Å². The summed E-state index contributed by atoms with van der Waals surface area (Å²) in [5, 5.41) is 2.61. The van der Waals surface area contributed by atoms with Crippen LogP contribution in [0.4, 0.5) is 20.2 Å². The van der Waals surface area contributed by atoms with Crippen molar-refractivity contribution >= 4 is 29.3 Å². The zero-order valence-corrected chi connectivity index (χ0v) is 13.3. The molecule has 1 fully saturated rings. The number of amides is 2. The van der Waals surface area contributed by atoms with Crippen LogP contribution in [0.1, 0.15) is 18.4 Å². The van der Waals surface area contributed by atoms with E-state index in [1.165, 1.54) is 6.07 Å². The topological polar surface area (TPSA) is 49.4 Å². The molecule has 0 spiro atoms. The van der Waals surface area contributed by atoms with Crippen LogP contribution in [0.2, 0.25) is 0 Å². The molecule has 1 heterocycles. The van der Waals surface area contributed by atoms with Gasteiger partial charge in [-0.3, -0.25) is 9.59 Å². The minimum atomic E-state index is -0.733. The SMILES string of the molecule is O=C(/C=C/c1c(F)cccc1F)Nc1ccc(N2CCCC2=O)cc1. The van der Waals surface area contributed by atoms with Gasteiger partial charge in [0.25, 0.3) is 0 Å². The van der Waals surface area contributed by atoms with Crippen molar-refractivity contribution in [3.63, 3.8) is 0 Å². The predicted molar refractivity (Wildman–Crippen MR) is 92.1 cm³/mol. The summed E-state index contributed by atoms with van der Waals surface area (Å²) >= 11 is 0. The second-order valence-corrected chi connectivity index (χ2v) is 5.65. The molecule has 2 aromatic carbocycles. The average Bonchev–Trinajstić information content (AvgIpc) is 3.01. The predicted octanol–water partition coefficient (Wildman–Crippen LogP) is 3.74. The number of anilines is 2. The first-order valence-electron chi connectivity index (χ1n) is 7.88. The normalized spacial score (nSPS) is 14.3. The van der Waals surface area contributed by atoms with Crippen LogP contribution in [0, 0.1) is 11.6 Å². The summed E-state index contributed by atoms with van der Waals surface area (Å²) in [6, 6.07) is 10.4. The highest BCUT2D eigenvalue weighted by Gasteiger charge is 2.21. The van der Waals surface area contributed by atoms with Crippen molar-refractivity contribution in [3.05, 3.63) is 65.7 Å². The van der Waals surface area contributed by atoms with Gasteiger partial charge in [0.1, 0.15) is 11.6 Å². The third-order valence-corrected chi connectivity index (χ3v) is 3.92. The summed E-state index contributed by atoms with van der Waals surface area (Å²) in [6.07, 6.45) is 3.56. The molecule has 3 rings (SSSR count). The Morgan fingerprint density at radius 1 is 1.08 bits per heavy atom. The molecule has 0 aliphatic carbocycles. The number of nitrogens with one attached hydrogen (secondary N) is 1. The van der Waals surface area contributed by atoms with Gasteiger partial charge in [-0.15, -0.1) is 0 Å². The van der Waals surface area contributed by atoms with E-state index in [1.807, 2.05) is 0 Å². The molecule has 0 saturated carbocycles. The largest absolute Gasteiger partial charge is 0.323 e. The van der Waals surface area contributed by atoms with Crippen molar-refractivity contribution in [2.75, 3.05) is 16.8 Å². The minimum Gasteiger partial charge on any atom is -0.323 e. The maximum Gasteiger partial charge on any atom is 0.248 e. The number of rotatable bonds is 4. The van der Waals surface area contributed by atoms with E-state index in [-0.39, 0.29) is 11.5 Å². The molecule has 2 aromatic rings. The van der Waals surface area contributed by atoms with Gasteiger partial charge in [0.15, 0.2) is 0 Å². The van der Waals surface area contributed by atoms with Crippen molar-refractivity contribution < 1.29 is 18.4 Å². The first-order valence-corrected chi connectivity index (χ1v) is 7.88. The van der Waals surface area contributed by atoms with Crippen LogP contribution in [0.5, 0.6) is 0 Å². The maximum absolute atomic E-state index is 13.5. The molecule has 1 N–H and O–H groups in total. The van der Waals surface area contributed by atoms with Gasteiger partial charge in [-0.1, -0.05) is 6.07 Å². The molecule has 25 heavy (non-hydrogen) atoms. The van der Waals surface area contributed by atoms with Crippen LogP contribution >= 0.6 is 0 Å². The average molecular weight is 342 g/mol. The van der Waals surface area contributed by atoms with E-state index in [2.05, 4.69) is 5.32 Å². The standard InChI is InChI=1S/C19H16F2N2O2/c20-16-3-1-4-17(21)15(16)10-11-18(24)22-13-6-8-14(9-7-13)23-12-2-5-19(23)25/h1,3-4,6-11H,2,5,12H2,(H,22,24)/b11-10+. The number of nitrogens with zero attached hydrogens (tertiary/aromatic N) is 1. The van der Waals surface area contributed by atoms with E-state index in [4.69, 9.17) is 0 Å². The lowest BCUT2D eigenvalue weighted by molar-refractivity contribution is -0.117. The van der Waals surface area contributed by atoms with Gasteiger partial charge in [0.2, 0.25) is 11.8 Å². The fourth-order valence-electron chi connectivity index (χ4n) is 2.66. The van der Waals surface area contributed by atoms with Crippen LogP contribution < -0.4 is 10.2 Å². The molecular formula is C19H16F2N2O2. The summed E-state index contributed by atoms with van der Waals surface area (Å²) < 4.78 is 27.0. The molecule has 0 radical (unpaired) electrons. The van der Waals surface area contributed by atoms with Gasteiger partial charge in [-0.05, 0) is 48.9 Å². The van der Waals surface area contributed by atoms with E-state index in [9.17, 15) is 18.4 Å². The molecule has 1 aliphatic heterocycles. The minimum absolute atomic E-state index is 0.0895. The number of benzene rings is 2. The van der Waals surface area contributed by atoms with Crippen molar-refractivity contribution in [1.29, 1.82) is 0 Å². The van der Waals surface area contributed by atoms with Crippen LogP contribution in [0.15, 0.2) is 48.5 Å². The third kappa shape index (κ3) is 3.91. The lowest BCUT2D eigenvalue weighted by atomic mass is 10.2. The van der Waals surface area contributed by atoms with Crippen molar-refractivity contribution in [2.45, 2.75) is 12.8 Å². The number of hydrogen-bond donors (Lipinski definition) is 1. The van der Waals surface area contributed by atoms with Crippen LogP contribution in [-0.4, -0.2) is 18.4 Å². The Labute approximate surface area is 143 Å². The summed E-state index contributed by atoms with van der Waals surface area (Å²) in [5.41, 5.74) is 1.05. The van der Waals surface area contributed by atoms with E-state index in [0.717, 1.165) is 36.4 Å². The zero-order valence-electron chi connectivity index (χ0n) is 13.3. The molecule has 1 saturated heterocycles. The second-order valence-electron chi connectivity index (χ2n) is 5.65. The summed E-state index contributed by atoms with van der Waals surface area (Å²) in [7, 11) is 0. The highest BCUT2D eigenvalue weighted by atomic mass is 19.1. The third-order valence-electron chi connectivity index (χ3n) is 3.92. The fraction of sp³-hybridized carbons (Fsp3) is 0.158. The van der Waals surface area contributed by atoms with Crippen LogP contribution in [0.3, 0.4) is 0 Å². The van der Waals surface area contributed by atoms with E-state index in [1.54, 1.807) is 29.2 Å². The van der Waals surface area contributed by atoms with Gasteiger partial charge >= 0.3 is 0 Å². The van der Waals surface area contributed by atoms with Crippen molar-refractivity contribution in [2.24, 2.45) is 0 Å². The Hall–Kier alpha value is -3.02. The van der Waals surface area contributed by atoms with Gasteiger partial charge in [0.05, 0.1) is 0 Å². The van der Waals surface area contributed by atoms with E-state index in [0.29, 0.717) is 18.7 Å². The Morgan fingerprint density at radius 3 is 2.36 bits per heavy atom. The Kier molecular flexibility index (Phi) is 4.88. The van der Waals surface area contributed by atoms with Crippen molar-refractivity contribution in [3.8, 4) is 0 Å². The lowest BCUT2D eigenvalue weighted by Crippen LogP contribution is -2.23. The fourth-order valence-corrected chi connectivity index (χ4v) is 2.66. The molecule has 128 valence electrons. The molecule has 0 aromatic heterocycles. The molecule has 4 nitrogen and oxygen atoms in total. The van der Waals surface area contributed by atoms with Crippen molar-refractivity contribution in [1.82, 2.24) is 0 Å². The summed E-state index contributed by atoms with van der Waals surface area (Å²) in [5.74, 6) is -1.88. The van der Waals surface area contributed by atoms with Gasteiger partial charge in [-0.2, -0.15) is 0 Å². The summed E-state index contributed by atoms with van der Waals surface area (Å²) in [6.45, 7) is 0.696. The van der Waals surface area contributed by atoms with E-state index < -0.39 is 17.5 Å². The lowest BCUT2D eigenvalue weighted by Gasteiger charge is -2.15. The number of carbonyl (C=O) groups is 2. The number of halogens is 2. The summed E-state index contributed by atoms with van der Waals surface area (Å²) in [4.78, 5) is 25.3. The number of hydrogen-bond acceptors (Lipinski definition) is 2. The molecule has 1 aliphatic rings. The monoisotopic (exact) mass is 342 g/mol. The molecule has 2 amide bonds. The Morgan fingerprint density at radius 2 is 1.76 bits per heavy atom. The van der Waals surface area contributed by atoms with Gasteiger partial charge in [0, 0.05) is 36.0 Å². The maximum atomic E-state index is 13.5. The Bertz CT molecular complexity index is 812.